The smallest absolute Gasteiger partial charge is 0.231 e. The van der Waals surface area contributed by atoms with Crippen LogP contribution in [-0.4, -0.2) is 16.2 Å². The summed E-state index contributed by atoms with van der Waals surface area (Å²) in [6.45, 7) is 0.241. The highest BCUT2D eigenvalue weighted by molar-refractivity contribution is 6.30. The first-order valence-corrected chi connectivity index (χ1v) is 6.44. The van der Waals surface area contributed by atoms with Gasteiger partial charge in [-0.1, -0.05) is 17.7 Å². The van der Waals surface area contributed by atoms with Crippen LogP contribution in [0.15, 0.2) is 36.4 Å². The molecule has 0 amide bonds. The molecule has 0 radical (unpaired) electrons. The standard InChI is InChI=1S/C14H10ClN3O2/c15-11-2-1-3-12-17-13(14(16)18(11)12)8-4-5-9-10(6-8)20-7-19-9/h1-6H,7,16H2. The van der Waals surface area contributed by atoms with Gasteiger partial charge in [-0.25, -0.2) is 4.98 Å². The van der Waals surface area contributed by atoms with Gasteiger partial charge in [0.25, 0.3) is 0 Å². The minimum Gasteiger partial charge on any atom is -0.454 e. The molecule has 1 aromatic carbocycles. The Morgan fingerprint density at radius 1 is 1.15 bits per heavy atom. The van der Waals surface area contributed by atoms with Gasteiger partial charge >= 0.3 is 0 Å². The lowest BCUT2D eigenvalue weighted by molar-refractivity contribution is 0.174. The average molecular weight is 288 g/mol. The third kappa shape index (κ3) is 1.53. The van der Waals surface area contributed by atoms with Gasteiger partial charge in [0, 0.05) is 5.56 Å². The summed E-state index contributed by atoms with van der Waals surface area (Å²) >= 11 is 6.16. The molecule has 0 unspecified atom stereocenters. The van der Waals surface area contributed by atoms with E-state index in [0.717, 1.165) is 11.3 Å². The Balaban J connectivity index is 1.94. The van der Waals surface area contributed by atoms with Gasteiger partial charge in [-0.15, -0.1) is 0 Å². The van der Waals surface area contributed by atoms with Crippen LogP contribution in [0, 0.1) is 0 Å². The fourth-order valence-electron chi connectivity index (χ4n) is 2.33. The van der Waals surface area contributed by atoms with Crippen LogP contribution >= 0.6 is 11.6 Å². The van der Waals surface area contributed by atoms with Gasteiger partial charge in [-0.05, 0) is 30.3 Å². The van der Waals surface area contributed by atoms with Gasteiger partial charge in [-0.2, -0.15) is 0 Å². The molecule has 0 bridgehead atoms. The number of hydrogen-bond acceptors (Lipinski definition) is 4. The number of aromatic nitrogens is 2. The predicted octanol–water partition coefficient (Wildman–Crippen LogP) is 2.97. The summed E-state index contributed by atoms with van der Waals surface area (Å²) in [5.74, 6) is 1.93. The topological polar surface area (TPSA) is 61.8 Å². The summed E-state index contributed by atoms with van der Waals surface area (Å²) in [5, 5.41) is 0.527. The number of halogens is 1. The molecule has 0 fully saturated rings. The zero-order chi connectivity index (χ0) is 13.7. The van der Waals surface area contributed by atoms with Gasteiger partial charge in [0.05, 0.1) is 0 Å². The van der Waals surface area contributed by atoms with Crippen LogP contribution in [0.1, 0.15) is 0 Å². The van der Waals surface area contributed by atoms with E-state index in [9.17, 15) is 0 Å². The maximum atomic E-state index is 6.16. The number of rotatable bonds is 1. The number of nitrogens with zero attached hydrogens (tertiary/aromatic N) is 2. The lowest BCUT2D eigenvalue weighted by atomic mass is 10.1. The maximum absolute atomic E-state index is 6.16. The number of ether oxygens (including phenoxy) is 2. The van der Waals surface area contributed by atoms with Gasteiger partial charge < -0.3 is 15.2 Å². The molecule has 1 aliphatic heterocycles. The minimum atomic E-state index is 0.241. The second-order valence-corrected chi connectivity index (χ2v) is 4.84. The van der Waals surface area contributed by atoms with E-state index in [4.69, 9.17) is 26.8 Å². The van der Waals surface area contributed by atoms with Crippen molar-refractivity contribution in [2.24, 2.45) is 0 Å². The van der Waals surface area contributed by atoms with E-state index in [1.165, 1.54) is 0 Å². The number of hydrogen-bond donors (Lipinski definition) is 1. The van der Waals surface area contributed by atoms with E-state index in [-0.39, 0.29) is 6.79 Å². The highest BCUT2D eigenvalue weighted by Gasteiger charge is 2.18. The number of imidazole rings is 1. The Morgan fingerprint density at radius 2 is 2.00 bits per heavy atom. The Hall–Kier alpha value is -2.40. The summed E-state index contributed by atoms with van der Waals surface area (Å²) < 4.78 is 12.4. The van der Waals surface area contributed by atoms with Gasteiger partial charge in [0.2, 0.25) is 6.79 Å². The first-order chi connectivity index (χ1) is 9.74. The molecule has 0 aliphatic carbocycles. The van der Waals surface area contributed by atoms with Crippen molar-refractivity contribution in [1.29, 1.82) is 0 Å². The average Bonchev–Trinajstić information content (AvgIpc) is 3.03. The molecular formula is C14H10ClN3O2. The first-order valence-electron chi connectivity index (χ1n) is 6.06. The van der Waals surface area contributed by atoms with Gasteiger partial charge in [-0.3, -0.25) is 4.40 Å². The summed E-state index contributed by atoms with van der Waals surface area (Å²) in [6, 6.07) is 11.1. The highest BCUT2D eigenvalue weighted by atomic mass is 35.5. The molecule has 20 heavy (non-hydrogen) atoms. The van der Waals surface area contributed by atoms with Crippen molar-refractivity contribution in [2.45, 2.75) is 0 Å². The molecule has 3 heterocycles. The summed E-state index contributed by atoms with van der Waals surface area (Å²) in [7, 11) is 0. The Kier molecular flexibility index (Phi) is 2.31. The number of fused-ring (bicyclic) bond motifs is 2. The second kappa shape index (κ2) is 4.05. The molecule has 100 valence electrons. The molecular weight excluding hydrogens is 278 g/mol. The monoisotopic (exact) mass is 287 g/mol. The van der Waals surface area contributed by atoms with Crippen molar-refractivity contribution in [3.8, 4) is 22.8 Å². The fraction of sp³-hybridized carbons (Fsp3) is 0.0714. The number of pyridine rings is 1. The molecule has 6 heteroatoms. The van der Waals surface area contributed by atoms with E-state index >= 15 is 0 Å². The van der Waals surface area contributed by atoms with E-state index in [0.29, 0.717) is 28.1 Å². The number of nitrogen functional groups attached to an aromatic ring is 1. The minimum absolute atomic E-state index is 0.241. The molecule has 1 aliphatic rings. The summed E-state index contributed by atoms with van der Waals surface area (Å²) in [5.41, 5.74) is 8.42. The van der Waals surface area contributed by atoms with Crippen molar-refractivity contribution in [3.63, 3.8) is 0 Å². The van der Waals surface area contributed by atoms with E-state index in [1.807, 2.05) is 30.3 Å². The molecule has 3 aromatic rings. The fourth-order valence-corrected chi connectivity index (χ4v) is 2.58. The van der Waals surface area contributed by atoms with Gasteiger partial charge in [0.1, 0.15) is 22.3 Å². The van der Waals surface area contributed by atoms with Crippen LogP contribution in [0.5, 0.6) is 11.5 Å². The van der Waals surface area contributed by atoms with Gasteiger partial charge in [0.15, 0.2) is 11.5 Å². The zero-order valence-corrected chi connectivity index (χ0v) is 11.1. The van der Waals surface area contributed by atoms with Crippen LogP contribution in [0.25, 0.3) is 16.9 Å². The van der Waals surface area contributed by atoms with Crippen LogP contribution in [0.3, 0.4) is 0 Å². The predicted molar refractivity (Wildman–Crippen MR) is 76.2 cm³/mol. The lowest BCUT2D eigenvalue weighted by Gasteiger charge is -2.02. The molecule has 4 rings (SSSR count). The molecule has 0 atom stereocenters. The number of benzene rings is 1. The largest absolute Gasteiger partial charge is 0.454 e. The molecule has 2 aromatic heterocycles. The van der Waals surface area contributed by atoms with Crippen LogP contribution < -0.4 is 15.2 Å². The van der Waals surface area contributed by atoms with Crippen molar-refractivity contribution in [3.05, 3.63) is 41.6 Å². The van der Waals surface area contributed by atoms with Crippen molar-refractivity contribution in [1.82, 2.24) is 9.38 Å². The molecule has 0 saturated heterocycles. The highest BCUT2D eigenvalue weighted by Crippen LogP contribution is 2.37. The van der Waals surface area contributed by atoms with E-state index in [2.05, 4.69) is 4.98 Å². The normalized spacial score (nSPS) is 13.1. The third-order valence-electron chi connectivity index (χ3n) is 3.28. The van der Waals surface area contributed by atoms with E-state index in [1.54, 1.807) is 10.5 Å². The van der Waals surface area contributed by atoms with Crippen molar-refractivity contribution >= 4 is 23.1 Å². The van der Waals surface area contributed by atoms with Crippen LogP contribution in [-0.2, 0) is 0 Å². The third-order valence-corrected chi connectivity index (χ3v) is 3.57. The molecule has 0 saturated carbocycles. The zero-order valence-electron chi connectivity index (χ0n) is 10.3. The van der Waals surface area contributed by atoms with Crippen LogP contribution in [0.2, 0.25) is 5.15 Å². The van der Waals surface area contributed by atoms with Crippen LogP contribution in [0.4, 0.5) is 5.82 Å². The number of anilines is 1. The van der Waals surface area contributed by atoms with Crippen molar-refractivity contribution in [2.75, 3.05) is 12.5 Å². The summed E-state index contributed by atoms with van der Waals surface area (Å²) in [6.07, 6.45) is 0. The molecule has 2 N–H and O–H groups in total. The molecule has 0 spiro atoms. The van der Waals surface area contributed by atoms with Crippen molar-refractivity contribution < 1.29 is 9.47 Å². The number of nitrogens with two attached hydrogens (primary N) is 1. The Bertz CT molecular complexity index is 829. The first kappa shape index (κ1) is 11.4. The Labute approximate surface area is 119 Å². The SMILES string of the molecule is Nc1c(-c2ccc3c(c2)OCO3)nc2cccc(Cl)n12. The summed E-state index contributed by atoms with van der Waals surface area (Å²) in [4.78, 5) is 4.53. The second-order valence-electron chi connectivity index (χ2n) is 4.46. The quantitative estimate of drug-likeness (QED) is 0.699. The van der Waals surface area contributed by atoms with E-state index < -0.39 is 0 Å². The molecule has 5 nitrogen and oxygen atoms in total. The maximum Gasteiger partial charge on any atom is 0.231 e. The Morgan fingerprint density at radius 3 is 2.85 bits per heavy atom. The lowest BCUT2D eigenvalue weighted by Crippen LogP contribution is -1.95.